The Balaban J connectivity index is 1.76. The van der Waals surface area contributed by atoms with E-state index in [0.717, 1.165) is 6.07 Å². The van der Waals surface area contributed by atoms with Gasteiger partial charge in [0.25, 0.3) is 5.91 Å². The molecule has 0 aliphatic carbocycles. The second kappa shape index (κ2) is 7.87. The smallest absolute Gasteiger partial charge is 0.393 e. The summed E-state index contributed by atoms with van der Waals surface area (Å²) in [6.07, 6.45) is -4.14. The first-order chi connectivity index (χ1) is 13.2. The summed E-state index contributed by atoms with van der Waals surface area (Å²) in [7, 11) is 0. The molecule has 3 rings (SSSR count). The Bertz CT molecular complexity index is 864. The molecule has 0 atom stereocenters. The predicted molar refractivity (Wildman–Crippen MR) is 95.5 cm³/mol. The molecule has 1 amide bonds. The third-order valence-corrected chi connectivity index (χ3v) is 4.51. The molecule has 0 saturated carbocycles. The minimum absolute atomic E-state index is 0.0862. The van der Waals surface area contributed by atoms with Gasteiger partial charge in [0.15, 0.2) is 0 Å². The summed E-state index contributed by atoms with van der Waals surface area (Å²) in [6, 6.07) is 8.79. The Morgan fingerprint density at radius 3 is 2.36 bits per heavy atom. The van der Waals surface area contributed by atoms with Crippen LogP contribution in [-0.4, -0.2) is 59.2 Å². The number of halogens is 3. The van der Waals surface area contributed by atoms with Gasteiger partial charge in [-0.1, -0.05) is 6.07 Å². The molecule has 0 unspecified atom stereocenters. The van der Waals surface area contributed by atoms with Crippen molar-refractivity contribution in [2.24, 2.45) is 0 Å². The van der Waals surface area contributed by atoms with Gasteiger partial charge in [-0.25, -0.2) is 4.79 Å². The molecule has 1 N–H and O–H groups in total. The maximum Gasteiger partial charge on any atom is 0.393 e. The number of nitrogens with zero attached hydrogens (tertiary/aromatic N) is 3. The van der Waals surface area contributed by atoms with Crippen LogP contribution in [0.3, 0.4) is 0 Å². The van der Waals surface area contributed by atoms with Gasteiger partial charge < -0.3 is 14.9 Å². The van der Waals surface area contributed by atoms with E-state index in [2.05, 4.69) is 4.98 Å². The number of anilines is 1. The maximum atomic E-state index is 13.0. The molecule has 2 heterocycles. The minimum atomic E-state index is -4.46. The highest BCUT2D eigenvalue weighted by Crippen LogP contribution is 2.30. The number of rotatable bonds is 4. The summed E-state index contributed by atoms with van der Waals surface area (Å²) in [5, 5.41) is 9.07. The molecule has 148 valence electrons. The second-order valence-electron chi connectivity index (χ2n) is 6.43. The molecule has 1 aliphatic rings. The van der Waals surface area contributed by atoms with E-state index in [0.29, 0.717) is 37.6 Å². The van der Waals surface area contributed by atoms with Gasteiger partial charge in [0.05, 0.1) is 12.0 Å². The van der Waals surface area contributed by atoms with Crippen LogP contribution >= 0.6 is 0 Å². The van der Waals surface area contributed by atoms with Gasteiger partial charge in [0.1, 0.15) is 5.69 Å². The quantitative estimate of drug-likeness (QED) is 0.865. The SMILES string of the molecule is O=C(O)c1ccc(N2CCN(C(=O)c3ccccn3)CC2)c(CC(F)(F)F)c1. The molecular formula is C19H18F3N3O3. The molecule has 9 heteroatoms. The number of carbonyl (C=O) groups excluding carboxylic acids is 1. The first-order valence-electron chi connectivity index (χ1n) is 8.63. The first-order valence-corrected chi connectivity index (χ1v) is 8.63. The Morgan fingerprint density at radius 1 is 1.07 bits per heavy atom. The fourth-order valence-corrected chi connectivity index (χ4v) is 3.19. The Kier molecular flexibility index (Phi) is 5.53. The third kappa shape index (κ3) is 4.59. The summed E-state index contributed by atoms with van der Waals surface area (Å²) in [6.45, 7) is 1.36. The fourth-order valence-electron chi connectivity index (χ4n) is 3.19. The van der Waals surface area contributed by atoms with E-state index in [1.807, 2.05) is 0 Å². The van der Waals surface area contributed by atoms with Crippen molar-refractivity contribution in [3.8, 4) is 0 Å². The molecule has 0 bridgehead atoms. The number of amides is 1. The van der Waals surface area contributed by atoms with E-state index < -0.39 is 18.6 Å². The van der Waals surface area contributed by atoms with Crippen LogP contribution in [0.25, 0.3) is 0 Å². The van der Waals surface area contributed by atoms with Crippen molar-refractivity contribution in [3.05, 3.63) is 59.4 Å². The zero-order valence-electron chi connectivity index (χ0n) is 14.8. The van der Waals surface area contributed by atoms with Gasteiger partial charge in [0, 0.05) is 38.1 Å². The van der Waals surface area contributed by atoms with Crippen LogP contribution in [0.15, 0.2) is 42.6 Å². The van der Waals surface area contributed by atoms with Crippen molar-refractivity contribution < 1.29 is 27.9 Å². The molecule has 1 saturated heterocycles. The summed E-state index contributed by atoms with van der Waals surface area (Å²) >= 11 is 0. The van der Waals surface area contributed by atoms with Gasteiger partial charge in [0.2, 0.25) is 0 Å². The van der Waals surface area contributed by atoms with Gasteiger partial charge >= 0.3 is 12.1 Å². The van der Waals surface area contributed by atoms with Crippen LogP contribution in [0, 0.1) is 0 Å². The third-order valence-electron chi connectivity index (χ3n) is 4.51. The fraction of sp³-hybridized carbons (Fsp3) is 0.316. The molecule has 28 heavy (non-hydrogen) atoms. The highest BCUT2D eigenvalue weighted by molar-refractivity contribution is 5.92. The number of alkyl halides is 3. The van der Waals surface area contributed by atoms with Crippen LogP contribution in [-0.2, 0) is 6.42 Å². The van der Waals surface area contributed by atoms with Crippen LogP contribution in [0.4, 0.5) is 18.9 Å². The molecule has 1 aromatic carbocycles. The number of piperazine rings is 1. The zero-order valence-corrected chi connectivity index (χ0v) is 14.8. The second-order valence-corrected chi connectivity index (χ2v) is 6.43. The zero-order chi connectivity index (χ0) is 20.3. The molecule has 0 spiro atoms. The topological polar surface area (TPSA) is 73.7 Å². The van der Waals surface area contributed by atoms with E-state index in [1.54, 1.807) is 28.0 Å². The van der Waals surface area contributed by atoms with Gasteiger partial charge in [-0.3, -0.25) is 9.78 Å². The lowest BCUT2D eigenvalue weighted by Crippen LogP contribution is -2.49. The van der Waals surface area contributed by atoms with Crippen molar-refractivity contribution in [1.82, 2.24) is 9.88 Å². The number of hydrogen-bond acceptors (Lipinski definition) is 4. The summed E-state index contributed by atoms with van der Waals surface area (Å²) in [5.41, 5.74) is 0.385. The lowest BCUT2D eigenvalue weighted by molar-refractivity contribution is -0.127. The van der Waals surface area contributed by atoms with Crippen molar-refractivity contribution in [2.45, 2.75) is 12.6 Å². The van der Waals surface area contributed by atoms with E-state index in [1.165, 1.54) is 18.3 Å². The minimum Gasteiger partial charge on any atom is -0.478 e. The van der Waals surface area contributed by atoms with E-state index >= 15 is 0 Å². The van der Waals surface area contributed by atoms with Crippen LogP contribution < -0.4 is 4.90 Å². The van der Waals surface area contributed by atoms with Crippen LogP contribution in [0.2, 0.25) is 0 Å². The number of carbonyl (C=O) groups is 2. The normalized spacial score (nSPS) is 14.8. The number of pyridine rings is 1. The highest BCUT2D eigenvalue weighted by atomic mass is 19.4. The van der Waals surface area contributed by atoms with Gasteiger partial charge in [-0.15, -0.1) is 0 Å². The van der Waals surface area contributed by atoms with E-state index in [9.17, 15) is 22.8 Å². The van der Waals surface area contributed by atoms with Crippen molar-refractivity contribution in [3.63, 3.8) is 0 Å². The van der Waals surface area contributed by atoms with Crippen molar-refractivity contribution in [2.75, 3.05) is 31.1 Å². The van der Waals surface area contributed by atoms with E-state index in [4.69, 9.17) is 5.11 Å². The molecule has 6 nitrogen and oxygen atoms in total. The molecule has 2 aromatic rings. The van der Waals surface area contributed by atoms with Gasteiger partial charge in [-0.2, -0.15) is 13.2 Å². The summed E-state index contributed by atoms with van der Waals surface area (Å²) < 4.78 is 38.9. The molecule has 1 aromatic heterocycles. The van der Waals surface area contributed by atoms with Crippen LogP contribution in [0.1, 0.15) is 26.4 Å². The number of hydrogen-bond donors (Lipinski definition) is 1. The first kappa shape index (κ1) is 19.7. The van der Waals surface area contributed by atoms with Gasteiger partial charge in [-0.05, 0) is 35.9 Å². The lowest BCUT2D eigenvalue weighted by atomic mass is 10.0. The van der Waals surface area contributed by atoms with Crippen molar-refractivity contribution >= 4 is 17.6 Å². The number of carboxylic acids is 1. The summed E-state index contributed by atoms with van der Waals surface area (Å²) in [5.74, 6) is -1.50. The standard InChI is InChI=1S/C19H18F3N3O3/c20-19(21,22)12-14-11-13(18(27)28)4-5-16(14)24-7-9-25(10-8-24)17(26)15-3-1-2-6-23-15/h1-6,11H,7-10,12H2,(H,27,28). The predicted octanol–water partition coefficient (Wildman–Crippen LogP) is 2.85. The maximum absolute atomic E-state index is 13.0. The number of aromatic nitrogens is 1. The monoisotopic (exact) mass is 393 g/mol. The lowest BCUT2D eigenvalue weighted by Gasteiger charge is -2.37. The molecule has 1 fully saturated rings. The number of carboxylic acid groups (broad SMARTS) is 1. The molecule has 0 radical (unpaired) electrons. The Hall–Kier alpha value is -3.10. The number of benzene rings is 1. The highest BCUT2D eigenvalue weighted by Gasteiger charge is 2.31. The molecular weight excluding hydrogens is 375 g/mol. The average molecular weight is 393 g/mol. The van der Waals surface area contributed by atoms with E-state index in [-0.39, 0.29) is 17.0 Å². The summed E-state index contributed by atoms with van der Waals surface area (Å²) in [4.78, 5) is 30.9. The Morgan fingerprint density at radius 2 is 1.79 bits per heavy atom. The number of aromatic carboxylic acids is 1. The Labute approximate surface area is 159 Å². The van der Waals surface area contributed by atoms with Crippen molar-refractivity contribution in [1.29, 1.82) is 0 Å². The van der Waals surface area contributed by atoms with Crippen LogP contribution in [0.5, 0.6) is 0 Å². The largest absolute Gasteiger partial charge is 0.478 e. The average Bonchev–Trinajstić information content (AvgIpc) is 2.67. The molecule has 1 aliphatic heterocycles.